The van der Waals surface area contributed by atoms with E-state index in [1.54, 1.807) is 43.4 Å². The molecule has 35 nitrogen and oxygen atoms in total. The van der Waals surface area contributed by atoms with Crippen LogP contribution in [0.3, 0.4) is 0 Å². The summed E-state index contributed by atoms with van der Waals surface area (Å²) in [6.45, 7) is 8.22. The molecule has 2 aliphatic rings. The SMILES string of the molecule is CNCCCCC(NC(=O)C(CCCCNC(=S)Nc1ccc(CCOc2cc(CN3CCOCCOCCN(Cc4cccc(C(=O)O)n4)CCOCCOCC3)nc(C(=O)O)c2)cc1)NC(=O)CCOCCOCCOCCNC(=O)COc1ccc2c(C(=O)NCC(=O)N3CCCC3B(O)O)ccnc2c1)C(=O)O. The van der Waals surface area contributed by atoms with Crippen molar-refractivity contribution in [3.8, 4) is 11.5 Å². The summed E-state index contributed by atoms with van der Waals surface area (Å²) in [6, 6.07) is 19.8. The first kappa shape index (κ1) is 90.0. The molecule has 5 aromatic rings. The number of nitrogens with zero attached hydrogens (tertiary/aromatic N) is 6. The predicted octanol–water partition coefficient (Wildman–Crippen LogP) is 1.70. The van der Waals surface area contributed by atoms with Crippen molar-refractivity contribution >= 4 is 88.5 Å². The summed E-state index contributed by atoms with van der Waals surface area (Å²) in [5.74, 6) is -5.88. The maximum Gasteiger partial charge on any atom is 0.475 e. The molecule has 3 atom stereocenters. The van der Waals surface area contributed by atoms with E-state index >= 15 is 0 Å². The smallest absolute Gasteiger partial charge is 0.475 e. The van der Waals surface area contributed by atoms with Gasteiger partial charge in [-0.05, 0) is 125 Å². The topological polar surface area (TPSA) is 453 Å². The number of hydrogen-bond acceptors (Lipinski definition) is 26. The number of amides is 5. The van der Waals surface area contributed by atoms with Crippen LogP contribution in [0.15, 0.2) is 85.1 Å². The molecule has 612 valence electrons. The lowest BCUT2D eigenvalue weighted by Crippen LogP contribution is -2.51. The Bertz CT molecular complexity index is 3740. The van der Waals surface area contributed by atoms with Crippen LogP contribution < -0.4 is 46.7 Å². The minimum absolute atomic E-state index is 0.0156. The zero-order valence-electron chi connectivity index (χ0n) is 63.3. The van der Waals surface area contributed by atoms with Crippen molar-refractivity contribution in [2.45, 2.75) is 95.3 Å². The molecule has 2 aliphatic heterocycles. The number of ether oxygens (including phenoxy) is 9. The molecule has 0 saturated carbocycles. The van der Waals surface area contributed by atoms with Crippen LogP contribution in [0, 0.1) is 0 Å². The fraction of sp³-hybridized carbons (Fsp3) is 0.547. The Balaban J connectivity index is 0.748. The molecule has 5 amide bonds. The third kappa shape index (κ3) is 34.4. The van der Waals surface area contributed by atoms with Crippen molar-refractivity contribution in [3.05, 3.63) is 119 Å². The molecule has 3 unspecified atom stereocenters. The number of nitrogens with one attached hydrogen (secondary N) is 7. The van der Waals surface area contributed by atoms with Gasteiger partial charge >= 0.3 is 25.0 Å². The zero-order valence-corrected chi connectivity index (χ0v) is 64.1. The Kier molecular flexibility index (Phi) is 41.3. The van der Waals surface area contributed by atoms with Gasteiger partial charge in [-0.15, -0.1) is 0 Å². The molecule has 0 aliphatic carbocycles. The number of fused-ring (bicyclic) bond motifs is 1. The van der Waals surface area contributed by atoms with E-state index in [0.29, 0.717) is 196 Å². The van der Waals surface area contributed by atoms with E-state index in [-0.39, 0.29) is 102 Å². The molecule has 37 heteroatoms. The highest BCUT2D eigenvalue weighted by atomic mass is 32.1. The molecule has 2 fully saturated rings. The fourth-order valence-corrected chi connectivity index (χ4v) is 12.1. The number of pyridine rings is 3. The van der Waals surface area contributed by atoms with Crippen LogP contribution in [0.4, 0.5) is 5.69 Å². The third-order valence-corrected chi connectivity index (χ3v) is 18.1. The number of rotatable bonds is 44. The summed E-state index contributed by atoms with van der Waals surface area (Å²) in [5.41, 5.74) is 3.32. The minimum Gasteiger partial charge on any atom is -0.493 e. The van der Waals surface area contributed by atoms with Crippen LogP contribution in [0.2, 0.25) is 0 Å². The molecule has 12 N–H and O–H groups in total. The van der Waals surface area contributed by atoms with Gasteiger partial charge in [0.15, 0.2) is 17.4 Å². The third-order valence-electron chi connectivity index (χ3n) is 17.8. The molecular formula is C75H106BN13O22S. The second-order valence-electron chi connectivity index (χ2n) is 26.3. The number of unbranched alkanes of at least 4 members (excludes halogenated alkanes) is 2. The van der Waals surface area contributed by atoms with Crippen molar-refractivity contribution in [2.24, 2.45) is 0 Å². The fourth-order valence-electron chi connectivity index (χ4n) is 11.9. The number of carbonyl (C=O) groups excluding carboxylic acids is 5. The van der Waals surface area contributed by atoms with Gasteiger partial charge in [-0.3, -0.25) is 38.8 Å². The van der Waals surface area contributed by atoms with Crippen LogP contribution in [0.1, 0.15) is 106 Å². The summed E-state index contributed by atoms with van der Waals surface area (Å²) in [6.07, 6.45) is 5.66. The van der Waals surface area contributed by atoms with Crippen molar-refractivity contribution in [2.75, 3.05) is 177 Å². The quantitative estimate of drug-likeness (QED) is 0.0150. The predicted molar refractivity (Wildman–Crippen MR) is 414 cm³/mol. The van der Waals surface area contributed by atoms with Gasteiger partial charge in [0.25, 0.3) is 11.8 Å². The molecule has 2 saturated heterocycles. The summed E-state index contributed by atoms with van der Waals surface area (Å²) in [7, 11) is 0.133. The average molecular weight is 1580 g/mol. The Morgan fingerprint density at radius 3 is 1.89 bits per heavy atom. The van der Waals surface area contributed by atoms with Crippen molar-refractivity contribution in [3.63, 3.8) is 0 Å². The number of aliphatic carboxylic acids is 1. The maximum absolute atomic E-state index is 13.6. The number of aromatic nitrogens is 3. The molecule has 3 aromatic heterocycles. The van der Waals surface area contributed by atoms with Gasteiger partial charge in [-0.2, -0.15) is 0 Å². The number of anilines is 1. The summed E-state index contributed by atoms with van der Waals surface area (Å²) in [5, 5.41) is 69.4. The number of benzene rings is 2. The number of carboxylic acid groups (broad SMARTS) is 3. The molecule has 0 spiro atoms. The second kappa shape index (κ2) is 51.4. The lowest BCUT2D eigenvalue weighted by Gasteiger charge is -2.24. The Hall–Kier alpha value is -9.22. The summed E-state index contributed by atoms with van der Waals surface area (Å²) >= 11 is 5.58. The van der Waals surface area contributed by atoms with E-state index in [2.05, 4.69) is 62.0 Å². The highest BCUT2D eigenvalue weighted by Crippen LogP contribution is 2.24. The normalized spacial score (nSPS) is 15.5. The van der Waals surface area contributed by atoms with Gasteiger partial charge in [-0.1, -0.05) is 18.2 Å². The molecule has 7 rings (SSSR count). The Morgan fingerprint density at radius 1 is 0.607 bits per heavy atom. The zero-order chi connectivity index (χ0) is 80.1. The molecule has 112 heavy (non-hydrogen) atoms. The van der Waals surface area contributed by atoms with Crippen LogP contribution in [-0.2, 0) is 76.6 Å². The summed E-state index contributed by atoms with van der Waals surface area (Å²) < 4.78 is 52.1. The van der Waals surface area contributed by atoms with E-state index in [1.807, 2.05) is 24.3 Å². The van der Waals surface area contributed by atoms with Gasteiger partial charge in [0.2, 0.25) is 17.7 Å². The number of likely N-dealkylation sites (tertiary alicyclic amines) is 1. The van der Waals surface area contributed by atoms with Crippen LogP contribution in [-0.4, -0.2) is 304 Å². The lowest BCUT2D eigenvalue weighted by molar-refractivity contribution is -0.142. The van der Waals surface area contributed by atoms with Gasteiger partial charge in [0, 0.05) is 107 Å². The van der Waals surface area contributed by atoms with Gasteiger partial charge in [-0.25, -0.2) is 24.4 Å². The van der Waals surface area contributed by atoms with Gasteiger partial charge < -0.3 is 110 Å². The monoisotopic (exact) mass is 1580 g/mol. The van der Waals surface area contributed by atoms with Crippen LogP contribution in [0.5, 0.6) is 11.5 Å². The lowest BCUT2D eigenvalue weighted by atomic mass is 9.78. The number of aromatic carboxylic acids is 2. The first-order valence-electron chi connectivity index (χ1n) is 37.7. The highest BCUT2D eigenvalue weighted by molar-refractivity contribution is 7.80. The molecule has 2 aromatic carbocycles. The summed E-state index contributed by atoms with van der Waals surface area (Å²) in [4.78, 5) is 120. The van der Waals surface area contributed by atoms with Crippen LogP contribution >= 0.6 is 12.2 Å². The Labute approximate surface area is 656 Å². The van der Waals surface area contributed by atoms with E-state index in [0.717, 1.165) is 11.3 Å². The number of hydrogen-bond donors (Lipinski definition) is 12. The van der Waals surface area contributed by atoms with E-state index < -0.39 is 72.6 Å². The van der Waals surface area contributed by atoms with E-state index in [9.17, 15) is 63.7 Å². The number of carboxylic acids is 3. The first-order chi connectivity index (χ1) is 54.3. The highest BCUT2D eigenvalue weighted by Gasteiger charge is 2.37. The second-order valence-corrected chi connectivity index (χ2v) is 26.7. The van der Waals surface area contributed by atoms with Crippen molar-refractivity contribution < 1.29 is 106 Å². The van der Waals surface area contributed by atoms with E-state index in [1.165, 1.54) is 29.3 Å². The van der Waals surface area contributed by atoms with E-state index in [4.69, 9.17) is 54.8 Å². The standard InChI is InChI=1S/C75H106BN13O22S/c1-77-22-4-2-10-63(73(97)98)86-71(94)61(85-67(90)21-31-103-38-44-109-45-39-104-33-25-79-68(91)52-111-57-17-18-59-60(19-24-78-64(59)47-57)70(93)81-49-69(92)89-26-7-12-66(89)76(101)102)9-3-5-23-80-75(112)84-54-15-13-53(14-16-54)20-32-110-58-46-56(83-65(48-58)74(99)100)51-88-29-36-107-42-40-105-34-27-87(28-35-106-41-43-108-37-30-88)50-55-8-6-11-62(82-55)72(95)96/h6,8,11,13-19,24,46-48,61,63,66,77,101-102H,2-5,7,9-10,12,20-23,25-45,49-52H2,1H3,(H,79,91)(H,81,93)(H,85,90)(H,86,94)(H,95,96)(H,97,98)(H,99,100)(H2,80,84,112). The Morgan fingerprint density at radius 2 is 1.24 bits per heavy atom. The minimum atomic E-state index is -1.66. The molecule has 0 bridgehead atoms. The van der Waals surface area contributed by atoms with Crippen LogP contribution in [0.25, 0.3) is 10.9 Å². The largest absolute Gasteiger partial charge is 0.493 e. The van der Waals surface area contributed by atoms with Gasteiger partial charge in [0.1, 0.15) is 29.3 Å². The average Bonchev–Trinajstić information content (AvgIpc) is 0.871. The molecule has 5 heterocycles. The van der Waals surface area contributed by atoms with Crippen molar-refractivity contribution in [1.82, 2.24) is 61.6 Å². The first-order valence-corrected chi connectivity index (χ1v) is 38.1. The number of thiocarbonyl (C=S) groups is 1. The van der Waals surface area contributed by atoms with Crippen molar-refractivity contribution in [1.29, 1.82) is 0 Å². The molecule has 0 radical (unpaired) electrons. The number of carbonyl (C=O) groups is 8. The molecular weight excluding hydrogens is 1480 g/mol. The maximum atomic E-state index is 13.6. The van der Waals surface area contributed by atoms with Gasteiger partial charge in [0.05, 0.1) is 134 Å².